The summed E-state index contributed by atoms with van der Waals surface area (Å²) in [6, 6.07) is 13.9. The van der Waals surface area contributed by atoms with E-state index in [9.17, 15) is 9.90 Å². The van der Waals surface area contributed by atoms with Crippen LogP contribution in [0.15, 0.2) is 53.4 Å². The highest BCUT2D eigenvalue weighted by Crippen LogP contribution is 2.26. The molecule has 2 N–H and O–H groups in total. The molecule has 0 aliphatic carbocycles. The second-order valence-electron chi connectivity index (χ2n) is 4.43. The van der Waals surface area contributed by atoms with E-state index in [1.54, 1.807) is 37.4 Å². The molecule has 2 aromatic rings. The molecular formula is C16H16O4S. The van der Waals surface area contributed by atoms with Gasteiger partial charge in [0.1, 0.15) is 5.75 Å². The summed E-state index contributed by atoms with van der Waals surface area (Å²) in [5, 5.41) is 19.0. The molecule has 1 unspecified atom stereocenters. The van der Waals surface area contributed by atoms with Crippen LogP contribution in [0.25, 0.3) is 0 Å². The van der Waals surface area contributed by atoms with Crippen LogP contribution in [0.2, 0.25) is 0 Å². The lowest BCUT2D eigenvalue weighted by Gasteiger charge is -2.12. The number of benzene rings is 2. The number of hydrogen-bond donors (Lipinski definition) is 2. The number of carboxylic acid groups (broad SMARTS) is 1. The van der Waals surface area contributed by atoms with Crippen molar-refractivity contribution in [1.29, 1.82) is 0 Å². The van der Waals surface area contributed by atoms with E-state index in [0.717, 1.165) is 10.5 Å². The van der Waals surface area contributed by atoms with Crippen molar-refractivity contribution < 1.29 is 19.7 Å². The van der Waals surface area contributed by atoms with Crippen molar-refractivity contribution in [2.45, 2.75) is 11.0 Å². The normalized spacial score (nSPS) is 11.9. The molecule has 0 aromatic heterocycles. The molecule has 4 nitrogen and oxygen atoms in total. The third kappa shape index (κ3) is 4.24. The van der Waals surface area contributed by atoms with Gasteiger partial charge in [0.15, 0.2) is 0 Å². The molecule has 0 bridgehead atoms. The monoisotopic (exact) mass is 304 g/mol. The molecule has 0 amide bonds. The largest absolute Gasteiger partial charge is 0.497 e. The zero-order valence-electron chi connectivity index (χ0n) is 11.5. The zero-order valence-corrected chi connectivity index (χ0v) is 12.3. The number of hydrogen-bond acceptors (Lipinski definition) is 4. The van der Waals surface area contributed by atoms with E-state index in [1.807, 2.05) is 18.2 Å². The first-order chi connectivity index (χ1) is 10.1. The fraction of sp³-hybridized carbons (Fsp3) is 0.188. The quantitative estimate of drug-likeness (QED) is 0.802. The summed E-state index contributed by atoms with van der Waals surface area (Å²) in [7, 11) is 1.59. The van der Waals surface area contributed by atoms with Gasteiger partial charge in [-0.15, -0.1) is 11.8 Å². The smallest absolute Gasteiger partial charge is 0.335 e. The van der Waals surface area contributed by atoms with Crippen LogP contribution in [-0.2, 0) is 0 Å². The third-order valence-corrected chi connectivity index (χ3v) is 4.08. The van der Waals surface area contributed by atoms with Gasteiger partial charge in [0.2, 0.25) is 0 Å². The summed E-state index contributed by atoms with van der Waals surface area (Å²) >= 11 is 1.47. The van der Waals surface area contributed by atoms with Gasteiger partial charge >= 0.3 is 5.97 Å². The van der Waals surface area contributed by atoms with Crippen molar-refractivity contribution in [2.75, 3.05) is 12.9 Å². The van der Waals surface area contributed by atoms with E-state index in [2.05, 4.69) is 0 Å². The highest BCUT2D eigenvalue weighted by atomic mass is 32.2. The predicted octanol–water partition coefficient (Wildman–Crippen LogP) is 3.22. The highest BCUT2D eigenvalue weighted by Gasteiger charge is 2.09. The van der Waals surface area contributed by atoms with Gasteiger partial charge < -0.3 is 14.9 Å². The van der Waals surface area contributed by atoms with Crippen LogP contribution in [0, 0.1) is 0 Å². The Bertz CT molecular complexity index is 610. The van der Waals surface area contributed by atoms with Gasteiger partial charge in [0.05, 0.1) is 18.8 Å². The second kappa shape index (κ2) is 7.15. The molecule has 5 heteroatoms. The Balaban J connectivity index is 1.96. The summed E-state index contributed by atoms with van der Waals surface area (Å²) in [4.78, 5) is 11.7. The number of aromatic carboxylic acids is 1. The van der Waals surface area contributed by atoms with Crippen LogP contribution in [-0.4, -0.2) is 29.0 Å². The van der Waals surface area contributed by atoms with Crippen molar-refractivity contribution >= 4 is 17.7 Å². The maximum atomic E-state index is 10.8. The van der Waals surface area contributed by atoms with Crippen molar-refractivity contribution in [1.82, 2.24) is 0 Å². The van der Waals surface area contributed by atoms with E-state index in [-0.39, 0.29) is 5.56 Å². The molecule has 0 saturated carbocycles. The lowest BCUT2D eigenvalue weighted by Crippen LogP contribution is -2.01. The Morgan fingerprint density at radius 2 is 1.95 bits per heavy atom. The second-order valence-corrected chi connectivity index (χ2v) is 5.53. The molecule has 21 heavy (non-hydrogen) atoms. The number of carbonyl (C=O) groups is 1. The van der Waals surface area contributed by atoms with Crippen LogP contribution in [0.4, 0.5) is 0 Å². The number of aliphatic hydroxyl groups excluding tert-OH is 1. The third-order valence-electron chi connectivity index (χ3n) is 2.99. The Hall–Kier alpha value is -1.98. The number of ether oxygens (including phenoxy) is 1. The topological polar surface area (TPSA) is 66.8 Å². The van der Waals surface area contributed by atoms with E-state index in [1.165, 1.54) is 11.8 Å². The standard InChI is InChI=1S/C16H16O4S/c1-20-13-4-2-3-12(9-13)15(17)10-21-14-7-5-11(6-8-14)16(18)19/h2-9,15,17H,10H2,1H3,(H,18,19). The Morgan fingerprint density at radius 3 is 2.57 bits per heavy atom. The van der Waals surface area contributed by atoms with Crippen molar-refractivity contribution in [3.05, 3.63) is 59.7 Å². The molecule has 2 aromatic carbocycles. The van der Waals surface area contributed by atoms with Gasteiger partial charge in [-0.1, -0.05) is 12.1 Å². The van der Waals surface area contributed by atoms with Gasteiger partial charge in [-0.3, -0.25) is 0 Å². The molecule has 1 atom stereocenters. The molecule has 0 saturated heterocycles. The Kier molecular flexibility index (Phi) is 5.25. The van der Waals surface area contributed by atoms with Gasteiger partial charge in [-0.05, 0) is 42.0 Å². The average Bonchev–Trinajstić information content (AvgIpc) is 2.53. The van der Waals surface area contributed by atoms with E-state index in [4.69, 9.17) is 9.84 Å². The number of rotatable bonds is 6. The number of aliphatic hydroxyl groups is 1. The van der Waals surface area contributed by atoms with Crippen molar-refractivity contribution in [3.63, 3.8) is 0 Å². The molecule has 0 aliphatic rings. The SMILES string of the molecule is COc1cccc(C(O)CSc2ccc(C(=O)O)cc2)c1. The number of carboxylic acids is 1. The van der Waals surface area contributed by atoms with Gasteiger partial charge in [0.25, 0.3) is 0 Å². The number of methoxy groups -OCH3 is 1. The van der Waals surface area contributed by atoms with E-state index >= 15 is 0 Å². The summed E-state index contributed by atoms with van der Waals surface area (Å²) < 4.78 is 5.13. The van der Waals surface area contributed by atoms with E-state index in [0.29, 0.717) is 11.5 Å². The Morgan fingerprint density at radius 1 is 1.24 bits per heavy atom. The van der Waals surface area contributed by atoms with Crippen LogP contribution >= 0.6 is 11.8 Å². The van der Waals surface area contributed by atoms with Gasteiger partial charge in [0, 0.05) is 10.6 Å². The summed E-state index contributed by atoms with van der Waals surface area (Å²) in [5.41, 5.74) is 1.05. The van der Waals surface area contributed by atoms with Crippen LogP contribution in [0.3, 0.4) is 0 Å². The lowest BCUT2D eigenvalue weighted by atomic mass is 10.1. The van der Waals surface area contributed by atoms with Gasteiger partial charge in [-0.25, -0.2) is 4.79 Å². The zero-order chi connectivity index (χ0) is 15.2. The summed E-state index contributed by atoms with van der Waals surface area (Å²) in [6.45, 7) is 0. The molecule has 0 heterocycles. The molecule has 0 spiro atoms. The average molecular weight is 304 g/mol. The minimum absolute atomic E-state index is 0.257. The molecule has 0 aliphatic heterocycles. The highest BCUT2D eigenvalue weighted by molar-refractivity contribution is 7.99. The molecular weight excluding hydrogens is 288 g/mol. The van der Waals surface area contributed by atoms with Crippen LogP contribution in [0.1, 0.15) is 22.0 Å². The number of thioether (sulfide) groups is 1. The maximum absolute atomic E-state index is 10.8. The molecule has 2 rings (SSSR count). The first-order valence-corrected chi connectivity index (χ1v) is 7.37. The predicted molar refractivity (Wildman–Crippen MR) is 82.1 cm³/mol. The summed E-state index contributed by atoms with van der Waals surface area (Å²) in [5.74, 6) is 0.255. The van der Waals surface area contributed by atoms with Crippen molar-refractivity contribution in [2.24, 2.45) is 0 Å². The van der Waals surface area contributed by atoms with Crippen molar-refractivity contribution in [3.8, 4) is 5.75 Å². The van der Waals surface area contributed by atoms with Gasteiger partial charge in [-0.2, -0.15) is 0 Å². The lowest BCUT2D eigenvalue weighted by molar-refractivity contribution is 0.0697. The first kappa shape index (κ1) is 15.4. The first-order valence-electron chi connectivity index (χ1n) is 6.38. The fourth-order valence-electron chi connectivity index (χ4n) is 1.81. The summed E-state index contributed by atoms with van der Waals surface area (Å²) in [6.07, 6.45) is -0.607. The minimum Gasteiger partial charge on any atom is -0.497 e. The fourth-order valence-corrected chi connectivity index (χ4v) is 2.69. The minimum atomic E-state index is -0.942. The van der Waals surface area contributed by atoms with Crippen LogP contribution in [0.5, 0.6) is 5.75 Å². The van der Waals surface area contributed by atoms with Crippen LogP contribution < -0.4 is 4.74 Å². The Labute approximate surface area is 127 Å². The molecule has 110 valence electrons. The molecule has 0 radical (unpaired) electrons. The maximum Gasteiger partial charge on any atom is 0.335 e. The molecule has 0 fully saturated rings. The van der Waals surface area contributed by atoms with E-state index < -0.39 is 12.1 Å².